The van der Waals surface area contributed by atoms with Gasteiger partial charge in [0.05, 0.1) is 0 Å². The fraction of sp³-hybridized carbons (Fsp3) is 0.529. The average molecular weight is 395 g/mol. The van der Waals surface area contributed by atoms with Gasteiger partial charge >= 0.3 is 0 Å². The van der Waals surface area contributed by atoms with Crippen molar-refractivity contribution in [2.75, 3.05) is 13.6 Å². The first kappa shape index (κ1) is 22.8. The van der Waals surface area contributed by atoms with E-state index in [4.69, 9.17) is 0 Å². The van der Waals surface area contributed by atoms with Crippen molar-refractivity contribution in [2.24, 2.45) is 0 Å². The molecule has 3 unspecified atom stereocenters. The molecule has 0 spiro atoms. The van der Waals surface area contributed by atoms with Crippen LogP contribution in [0.5, 0.6) is 0 Å². The zero-order valence-corrected chi connectivity index (χ0v) is 16.2. The van der Waals surface area contributed by atoms with Gasteiger partial charge in [-0.05, 0) is 20.8 Å². The molecular weight excluding hydrogens is 370 g/mol. The normalized spacial score (nSPS) is 16.2. The van der Waals surface area contributed by atoms with Gasteiger partial charge in [0.25, 0.3) is 11.8 Å². The Kier molecular flexibility index (Phi) is 8.29. The summed E-state index contributed by atoms with van der Waals surface area (Å²) in [7, 11) is 1.44. The molecule has 0 aromatic rings. The highest BCUT2D eigenvalue weighted by Crippen LogP contribution is 2.04. The van der Waals surface area contributed by atoms with Crippen LogP contribution in [-0.2, 0) is 28.8 Å². The molecule has 1 rings (SSSR count). The Morgan fingerprint density at radius 2 is 1.25 bits per heavy atom. The SMILES string of the molecule is CNC(=O)C(C)NC(=O)C(C)NC(=O)C(C)NC(=O)CCN1C(=O)C=CC1=O. The van der Waals surface area contributed by atoms with Crippen molar-refractivity contribution in [3.8, 4) is 0 Å². The maximum absolute atomic E-state index is 12.1. The molecule has 28 heavy (non-hydrogen) atoms. The second kappa shape index (κ2) is 10.2. The number of rotatable bonds is 9. The second-order valence-corrected chi connectivity index (χ2v) is 6.28. The van der Waals surface area contributed by atoms with Gasteiger partial charge in [-0.3, -0.25) is 33.7 Å². The van der Waals surface area contributed by atoms with E-state index in [1.807, 2.05) is 0 Å². The predicted octanol–water partition coefficient (Wildman–Crippen LogP) is -2.44. The Hall–Kier alpha value is -3.24. The van der Waals surface area contributed by atoms with Crippen molar-refractivity contribution in [3.63, 3.8) is 0 Å². The number of nitrogens with one attached hydrogen (secondary N) is 4. The van der Waals surface area contributed by atoms with Crippen molar-refractivity contribution < 1.29 is 28.8 Å². The molecule has 11 nitrogen and oxygen atoms in total. The molecular formula is C17H25N5O6. The summed E-state index contributed by atoms with van der Waals surface area (Å²) in [6, 6.07) is -2.63. The summed E-state index contributed by atoms with van der Waals surface area (Å²) in [5.41, 5.74) is 0. The summed E-state index contributed by atoms with van der Waals surface area (Å²) in [6.07, 6.45) is 2.08. The molecule has 11 heteroatoms. The summed E-state index contributed by atoms with van der Waals surface area (Å²) in [6.45, 7) is 4.27. The predicted molar refractivity (Wildman–Crippen MR) is 97.4 cm³/mol. The largest absolute Gasteiger partial charge is 0.357 e. The van der Waals surface area contributed by atoms with Gasteiger partial charge < -0.3 is 21.3 Å². The molecule has 0 saturated heterocycles. The van der Waals surface area contributed by atoms with E-state index in [1.165, 1.54) is 27.8 Å². The van der Waals surface area contributed by atoms with Crippen LogP contribution in [-0.4, -0.2) is 72.1 Å². The number of amides is 6. The fourth-order valence-electron chi connectivity index (χ4n) is 2.27. The topological polar surface area (TPSA) is 154 Å². The van der Waals surface area contributed by atoms with Gasteiger partial charge in [0, 0.05) is 32.2 Å². The molecule has 0 aliphatic carbocycles. The lowest BCUT2D eigenvalue weighted by Gasteiger charge is -2.20. The Bertz CT molecular complexity index is 686. The smallest absolute Gasteiger partial charge is 0.253 e. The Morgan fingerprint density at radius 3 is 1.71 bits per heavy atom. The molecule has 6 amide bonds. The molecule has 154 valence electrons. The number of imide groups is 1. The van der Waals surface area contributed by atoms with Gasteiger partial charge in [-0.25, -0.2) is 0 Å². The molecule has 0 fully saturated rings. The lowest BCUT2D eigenvalue weighted by molar-refractivity contribution is -0.137. The number of hydrogen-bond donors (Lipinski definition) is 4. The quantitative estimate of drug-likeness (QED) is 0.318. The van der Waals surface area contributed by atoms with E-state index in [0.29, 0.717) is 0 Å². The third kappa shape index (κ3) is 6.49. The van der Waals surface area contributed by atoms with Crippen LogP contribution in [0.15, 0.2) is 12.2 Å². The monoisotopic (exact) mass is 395 g/mol. The van der Waals surface area contributed by atoms with Crippen molar-refractivity contribution in [3.05, 3.63) is 12.2 Å². The molecule has 0 radical (unpaired) electrons. The van der Waals surface area contributed by atoms with Crippen LogP contribution in [0.25, 0.3) is 0 Å². The van der Waals surface area contributed by atoms with E-state index in [0.717, 1.165) is 17.1 Å². The summed E-state index contributed by atoms with van der Waals surface area (Å²) >= 11 is 0. The Balaban J connectivity index is 2.41. The maximum Gasteiger partial charge on any atom is 0.253 e. The zero-order valence-electron chi connectivity index (χ0n) is 16.2. The average Bonchev–Trinajstić information content (AvgIpc) is 2.96. The van der Waals surface area contributed by atoms with E-state index in [1.54, 1.807) is 0 Å². The van der Waals surface area contributed by atoms with Crippen LogP contribution in [0.2, 0.25) is 0 Å². The number of carbonyl (C=O) groups is 6. The first-order chi connectivity index (χ1) is 13.1. The lowest BCUT2D eigenvalue weighted by atomic mass is 10.2. The summed E-state index contributed by atoms with van der Waals surface area (Å²) in [5, 5.41) is 9.70. The maximum atomic E-state index is 12.1. The third-order valence-electron chi connectivity index (χ3n) is 3.98. The van der Waals surface area contributed by atoms with Crippen molar-refractivity contribution in [1.82, 2.24) is 26.2 Å². The molecule has 0 aromatic heterocycles. The summed E-state index contributed by atoms with van der Waals surface area (Å²) in [4.78, 5) is 71.2. The minimum absolute atomic E-state index is 0.0962. The number of likely N-dealkylation sites (N-methyl/N-ethyl adjacent to an activating group) is 1. The molecule has 0 aromatic carbocycles. The molecule has 4 N–H and O–H groups in total. The molecule has 1 aliphatic rings. The van der Waals surface area contributed by atoms with Crippen LogP contribution in [0, 0.1) is 0 Å². The highest BCUT2D eigenvalue weighted by Gasteiger charge is 2.25. The van der Waals surface area contributed by atoms with Crippen LogP contribution in [0.1, 0.15) is 27.2 Å². The van der Waals surface area contributed by atoms with E-state index >= 15 is 0 Å². The fourth-order valence-corrected chi connectivity index (χ4v) is 2.27. The zero-order chi connectivity index (χ0) is 21.4. The van der Waals surface area contributed by atoms with Gasteiger partial charge in [0.1, 0.15) is 18.1 Å². The number of hydrogen-bond acceptors (Lipinski definition) is 6. The minimum atomic E-state index is -0.942. The van der Waals surface area contributed by atoms with Crippen LogP contribution in [0.3, 0.4) is 0 Å². The Morgan fingerprint density at radius 1 is 0.821 bits per heavy atom. The van der Waals surface area contributed by atoms with E-state index < -0.39 is 47.7 Å². The van der Waals surface area contributed by atoms with Gasteiger partial charge in [-0.15, -0.1) is 0 Å². The van der Waals surface area contributed by atoms with Gasteiger partial charge in [-0.1, -0.05) is 0 Å². The van der Waals surface area contributed by atoms with Gasteiger partial charge in [-0.2, -0.15) is 0 Å². The standard InChI is InChI=1S/C17H25N5O6/c1-9(15(26)18-4)20-17(28)11(3)21-16(27)10(2)19-12(23)7-8-22-13(24)5-6-14(22)25/h5-6,9-11H,7-8H2,1-4H3,(H,18,26)(H,19,23)(H,20,28)(H,21,27). The van der Waals surface area contributed by atoms with Gasteiger partial charge in [0.15, 0.2) is 0 Å². The first-order valence-electron chi connectivity index (χ1n) is 8.72. The van der Waals surface area contributed by atoms with Crippen LogP contribution >= 0.6 is 0 Å². The van der Waals surface area contributed by atoms with Crippen LogP contribution in [0.4, 0.5) is 0 Å². The van der Waals surface area contributed by atoms with Crippen LogP contribution < -0.4 is 21.3 Å². The number of carbonyl (C=O) groups excluding carboxylic acids is 6. The summed E-state index contributed by atoms with van der Waals surface area (Å²) in [5.74, 6) is -3.04. The molecule has 1 heterocycles. The third-order valence-corrected chi connectivity index (χ3v) is 3.98. The van der Waals surface area contributed by atoms with Crippen molar-refractivity contribution >= 4 is 35.4 Å². The molecule has 3 atom stereocenters. The highest BCUT2D eigenvalue weighted by molar-refractivity contribution is 6.13. The minimum Gasteiger partial charge on any atom is -0.357 e. The van der Waals surface area contributed by atoms with Crippen molar-refractivity contribution in [1.29, 1.82) is 0 Å². The summed E-state index contributed by atoms with van der Waals surface area (Å²) < 4.78 is 0. The molecule has 1 aliphatic heterocycles. The molecule has 0 bridgehead atoms. The van der Waals surface area contributed by atoms with E-state index in [9.17, 15) is 28.8 Å². The lowest BCUT2D eigenvalue weighted by Crippen LogP contribution is -2.54. The molecule has 0 saturated carbocycles. The van der Waals surface area contributed by atoms with Gasteiger partial charge in [0.2, 0.25) is 23.6 Å². The second-order valence-electron chi connectivity index (χ2n) is 6.28. The van der Waals surface area contributed by atoms with E-state index in [-0.39, 0.29) is 18.9 Å². The highest BCUT2D eigenvalue weighted by atomic mass is 16.2. The Labute approximate surface area is 162 Å². The van der Waals surface area contributed by atoms with Crippen molar-refractivity contribution in [2.45, 2.75) is 45.3 Å². The van der Waals surface area contributed by atoms with E-state index in [2.05, 4.69) is 21.3 Å². The number of nitrogens with zero attached hydrogens (tertiary/aromatic N) is 1. The first-order valence-corrected chi connectivity index (χ1v) is 8.72.